The lowest BCUT2D eigenvalue weighted by Crippen LogP contribution is -2.40. The van der Waals surface area contributed by atoms with Gasteiger partial charge in [0.25, 0.3) is 5.92 Å². The van der Waals surface area contributed by atoms with Crippen molar-refractivity contribution in [1.29, 1.82) is 0 Å². The molecule has 2 amide bonds. The summed E-state index contributed by atoms with van der Waals surface area (Å²) in [4.78, 5) is 23.8. The highest BCUT2D eigenvalue weighted by molar-refractivity contribution is 5.92. The summed E-state index contributed by atoms with van der Waals surface area (Å²) >= 11 is 0. The van der Waals surface area contributed by atoms with Crippen LogP contribution >= 0.6 is 12.4 Å². The van der Waals surface area contributed by atoms with Gasteiger partial charge in [-0.3, -0.25) is 14.9 Å². The van der Waals surface area contributed by atoms with Gasteiger partial charge in [-0.1, -0.05) is 26.0 Å². The summed E-state index contributed by atoms with van der Waals surface area (Å²) in [5.41, 5.74) is 1.44. The van der Waals surface area contributed by atoms with Gasteiger partial charge in [-0.15, -0.1) is 12.4 Å². The molecule has 8 heteroatoms. The molecule has 1 aromatic carbocycles. The topological polar surface area (TPSA) is 70.2 Å². The molecule has 1 heterocycles. The van der Waals surface area contributed by atoms with Crippen LogP contribution < -0.4 is 16.0 Å². The summed E-state index contributed by atoms with van der Waals surface area (Å²) in [5.74, 6) is -3.41. The number of hydrogen-bond acceptors (Lipinski definition) is 3. The molecule has 2 rings (SSSR count). The third-order valence-electron chi connectivity index (χ3n) is 4.15. The SMILES string of the molecule is CCC(C)C(=O)Nc1cccc(CNC(=O)C2CC(F)(F)CN2)c1.Cl. The zero-order chi connectivity index (χ0) is 17.7. The summed E-state index contributed by atoms with van der Waals surface area (Å²) in [7, 11) is 0. The number of amides is 2. The maximum atomic E-state index is 13.1. The lowest BCUT2D eigenvalue weighted by atomic mass is 10.1. The van der Waals surface area contributed by atoms with Crippen LogP contribution in [0, 0.1) is 5.92 Å². The lowest BCUT2D eigenvalue weighted by Gasteiger charge is -2.13. The van der Waals surface area contributed by atoms with Crippen molar-refractivity contribution in [3.8, 4) is 0 Å². The molecule has 0 spiro atoms. The maximum absolute atomic E-state index is 13.1. The number of carbonyl (C=O) groups is 2. The van der Waals surface area contributed by atoms with Crippen molar-refractivity contribution in [2.24, 2.45) is 5.92 Å². The summed E-state index contributed by atoms with van der Waals surface area (Å²) in [5, 5.41) is 7.99. The molecular formula is C17H24ClF2N3O2. The van der Waals surface area contributed by atoms with Crippen molar-refractivity contribution in [2.45, 2.75) is 45.2 Å². The van der Waals surface area contributed by atoms with Crippen LogP contribution in [0.2, 0.25) is 0 Å². The Balaban J connectivity index is 0.00000312. The molecule has 1 aliphatic rings. The highest BCUT2D eigenvalue weighted by atomic mass is 35.5. The Kier molecular flexibility index (Phi) is 7.76. The Morgan fingerprint density at radius 3 is 2.72 bits per heavy atom. The maximum Gasteiger partial charge on any atom is 0.262 e. The van der Waals surface area contributed by atoms with Gasteiger partial charge in [0.05, 0.1) is 12.6 Å². The molecule has 2 unspecified atom stereocenters. The fourth-order valence-electron chi connectivity index (χ4n) is 2.42. The predicted molar refractivity (Wildman–Crippen MR) is 95.0 cm³/mol. The third-order valence-corrected chi connectivity index (χ3v) is 4.15. The molecule has 0 saturated carbocycles. The molecule has 0 aromatic heterocycles. The first kappa shape index (κ1) is 21.3. The van der Waals surface area contributed by atoms with Crippen molar-refractivity contribution >= 4 is 29.9 Å². The van der Waals surface area contributed by atoms with E-state index < -0.39 is 30.8 Å². The van der Waals surface area contributed by atoms with Gasteiger partial charge in [-0.25, -0.2) is 8.78 Å². The van der Waals surface area contributed by atoms with E-state index in [9.17, 15) is 18.4 Å². The number of rotatable bonds is 6. The van der Waals surface area contributed by atoms with Crippen LogP contribution in [0.15, 0.2) is 24.3 Å². The molecule has 1 saturated heterocycles. The van der Waals surface area contributed by atoms with Crippen LogP contribution in [0.3, 0.4) is 0 Å². The highest BCUT2D eigenvalue weighted by Crippen LogP contribution is 2.25. The van der Waals surface area contributed by atoms with E-state index in [-0.39, 0.29) is 30.8 Å². The Hall–Kier alpha value is -1.73. The Morgan fingerprint density at radius 1 is 1.40 bits per heavy atom. The Labute approximate surface area is 152 Å². The molecule has 0 radical (unpaired) electrons. The molecular weight excluding hydrogens is 352 g/mol. The molecule has 1 aliphatic heterocycles. The van der Waals surface area contributed by atoms with E-state index in [0.717, 1.165) is 12.0 Å². The number of nitrogens with one attached hydrogen (secondary N) is 3. The van der Waals surface area contributed by atoms with Crippen molar-refractivity contribution in [1.82, 2.24) is 10.6 Å². The highest BCUT2D eigenvalue weighted by Gasteiger charge is 2.42. The van der Waals surface area contributed by atoms with Crippen LogP contribution in [0.25, 0.3) is 0 Å². The first-order valence-electron chi connectivity index (χ1n) is 8.09. The summed E-state index contributed by atoms with van der Waals surface area (Å²) < 4.78 is 26.2. The van der Waals surface area contributed by atoms with Crippen molar-refractivity contribution in [3.05, 3.63) is 29.8 Å². The molecule has 0 bridgehead atoms. The van der Waals surface area contributed by atoms with Crippen LogP contribution in [0.5, 0.6) is 0 Å². The fraction of sp³-hybridized carbons (Fsp3) is 0.529. The number of alkyl halides is 2. The van der Waals surface area contributed by atoms with E-state index in [1.54, 1.807) is 24.3 Å². The van der Waals surface area contributed by atoms with Crippen LogP contribution in [0.4, 0.5) is 14.5 Å². The van der Waals surface area contributed by atoms with E-state index in [1.807, 2.05) is 13.8 Å². The van der Waals surface area contributed by atoms with E-state index in [0.29, 0.717) is 5.69 Å². The smallest absolute Gasteiger partial charge is 0.262 e. The van der Waals surface area contributed by atoms with Gasteiger partial charge in [0.15, 0.2) is 0 Å². The van der Waals surface area contributed by atoms with Crippen LogP contribution in [-0.4, -0.2) is 30.3 Å². The standard InChI is InChI=1S/C17H23F2N3O2.ClH/c1-3-11(2)15(23)22-13-6-4-5-12(7-13)9-20-16(24)14-8-17(18,19)10-21-14;/h4-7,11,14,21H,3,8-10H2,1-2H3,(H,20,24)(H,22,23);1H. The number of halogens is 3. The average Bonchev–Trinajstić information content (AvgIpc) is 2.92. The second kappa shape index (κ2) is 9.10. The predicted octanol–water partition coefficient (Wildman–Crippen LogP) is 2.71. The third kappa shape index (κ3) is 6.25. The van der Waals surface area contributed by atoms with E-state index in [4.69, 9.17) is 0 Å². The van der Waals surface area contributed by atoms with Gasteiger partial charge >= 0.3 is 0 Å². The molecule has 1 aromatic rings. The van der Waals surface area contributed by atoms with Gasteiger partial charge in [0.1, 0.15) is 0 Å². The van der Waals surface area contributed by atoms with Gasteiger partial charge in [-0.2, -0.15) is 0 Å². The zero-order valence-electron chi connectivity index (χ0n) is 14.3. The number of benzene rings is 1. The summed E-state index contributed by atoms with van der Waals surface area (Å²) in [6.45, 7) is 3.54. The molecule has 5 nitrogen and oxygen atoms in total. The molecule has 3 N–H and O–H groups in total. The zero-order valence-corrected chi connectivity index (χ0v) is 15.1. The van der Waals surface area contributed by atoms with Gasteiger partial charge < -0.3 is 10.6 Å². The summed E-state index contributed by atoms with van der Waals surface area (Å²) in [6, 6.07) is 6.24. The lowest BCUT2D eigenvalue weighted by molar-refractivity contribution is -0.123. The first-order valence-corrected chi connectivity index (χ1v) is 8.09. The molecule has 2 atom stereocenters. The quantitative estimate of drug-likeness (QED) is 0.716. The van der Waals surface area contributed by atoms with Gasteiger partial charge in [0, 0.05) is 24.6 Å². The van der Waals surface area contributed by atoms with Crippen molar-refractivity contribution in [3.63, 3.8) is 0 Å². The van der Waals surface area contributed by atoms with Crippen molar-refractivity contribution < 1.29 is 18.4 Å². The minimum absolute atomic E-state index is 0. The van der Waals surface area contributed by atoms with Gasteiger partial charge in [0.2, 0.25) is 11.8 Å². The minimum atomic E-state index is -2.83. The Morgan fingerprint density at radius 2 is 2.12 bits per heavy atom. The van der Waals surface area contributed by atoms with Crippen LogP contribution in [0.1, 0.15) is 32.3 Å². The van der Waals surface area contributed by atoms with E-state index in [2.05, 4.69) is 16.0 Å². The largest absolute Gasteiger partial charge is 0.351 e. The van der Waals surface area contributed by atoms with E-state index in [1.165, 1.54) is 0 Å². The van der Waals surface area contributed by atoms with Crippen LogP contribution in [-0.2, 0) is 16.1 Å². The first-order chi connectivity index (χ1) is 11.3. The monoisotopic (exact) mass is 375 g/mol. The van der Waals surface area contributed by atoms with Crippen molar-refractivity contribution in [2.75, 3.05) is 11.9 Å². The second-order valence-electron chi connectivity index (χ2n) is 6.21. The average molecular weight is 376 g/mol. The number of hydrogen-bond donors (Lipinski definition) is 3. The van der Waals surface area contributed by atoms with Gasteiger partial charge in [-0.05, 0) is 24.1 Å². The minimum Gasteiger partial charge on any atom is -0.351 e. The molecule has 25 heavy (non-hydrogen) atoms. The number of anilines is 1. The second-order valence-corrected chi connectivity index (χ2v) is 6.21. The Bertz CT molecular complexity index is 613. The fourth-order valence-corrected chi connectivity index (χ4v) is 2.42. The van der Waals surface area contributed by atoms with E-state index >= 15 is 0 Å². The molecule has 140 valence electrons. The normalized spacial score (nSPS) is 19.6. The molecule has 0 aliphatic carbocycles. The molecule has 1 fully saturated rings. The summed E-state index contributed by atoms with van der Waals surface area (Å²) in [6.07, 6.45) is 0.268. The number of carbonyl (C=O) groups excluding carboxylic acids is 2.